The van der Waals surface area contributed by atoms with Crippen LogP contribution in [0.1, 0.15) is 112 Å². The number of rotatable bonds is 12. The van der Waals surface area contributed by atoms with Crippen molar-refractivity contribution >= 4 is 0 Å². The van der Waals surface area contributed by atoms with E-state index in [-0.39, 0.29) is 0 Å². The molecule has 1 aliphatic carbocycles. The zero-order valence-electron chi connectivity index (χ0n) is 17.4. The molecule has 0 bridgehead atoms. The molecule has 0 heteroatoms. The van der Waals surface area contributed by atoms with E-state index in [4.69, 9.17) is 0 Å². The van der Waals surface area contributed by atoms with E-state index in [1.165, 1.54) is 70.6 Å². The summed E-state index contributed by atoms with van der Waals surface area (Å²) >= 11 is 0. The fourth-order valence-electron chi connectivity index (χ4n) is 4.90. The summed E-state index contributed by atoms with van der Waals surface area (Å²) in [7, 11) is 0. The van der Waals surface area contributed by atoms with E-state index < -0.39 is 0 Å². The van der Waals surface area contributed by atoms with Crippen molar-refractivity contribution in [2.24, 2.45) is 5.41 Å². The van der Waals surface area contributed by atoms with Gasteiger partial charge in [0.15, 0.2) is 0 Å². The second-order valence-corrected chi connectivity index (χ2v) is 7.52. The molecule has 0 N–H and O–H groups in total. The van der Waals surface area contributed by atoms with E-state index in [1.807, 2.05) is 11.1 Å². The largest absolute Gasteiger partial charge is 0.0916 e. The quantitative estimate of drug-likeness (QED) is 0.314. The van der Waals surface area contributed by atoms with Crippen molar-refractivity contribution < 1.29 is 0 Å². The SMILES string of the molecule is C/C=C/CC1(CCC)C(CCC)=C(CCC)C(CCC)=C1CCC. The first-order chi connectivity index (χ1) is 11.7. The number of hydrogen-bond acceptors (Lipinski definition) is 0. The number of hydrogen-bond donors (Lipinski definition) is 0. The molecule has 0 spiro atoms. The van der Waals surface area contributed by atoms with Gasteiger partial charge in [-0.3, -0.25) is 0 Å². The summed E-state index contributed by atoms with van der Waals surface area (Å²) in [6.07, 6.45) is 18.9. The molecule has 0 heterocycles. The van der Waals surface area contributed by atoms with Crippen molar-refractivity contribution in [2.45, 2.75) is 112 Å². The Morgan fingerprint density at radius 3 is 1.46 bits per heavy atom. The third-order valence-corrected chi connectivity index (χ3v) is 5.63. The Morgan fingerprint density at radius 1 is 0.667 bits per heavy atom. The highest BCUT2D eigenvalue weighted by Crippen LogP contribution is 2.57. The minimum Gasteiger partial charge on any atom is -0.0916 e. The molecular weight excluding hydrogens is 288 g/mol. The third-order valence-electron chi connectivity index (χ3n) is 5.63. The first-order valence-electron chi connectivity index (χ1n) is 10.7. The second-order valence-electron chi connectivity index (χ2n) is 7.52. The van der Waals surface area contributed by atoms with Crippen molar-refractivity contribution in [2.75, 3.05) is 0 Å². The minimum atomic E-state index is 0.349. The highest BCUT2D eigenvalue weighted by atomic mass is 14.5. The summed E-state index contributed by atoms with van der Waals surface area (Å²) in [6.45, 7) is 14.0. The molecule has 0 aromatic carbocycles. The third kappa shape index (κ3) is 4.44. The second kappa shape index (κ2) is 11.0. The van der Waals surface area contributed by atoms with E-state index in [9.17, 15) is 0 Å². The van der Waals surface area contributed by atoms with Crippen LogP contribution in [-0.2, 0) is 0 Å². The van der Waals surface area contributed by atoms with Crippen molar-refractivity contribution in [3.05, 3.63) is 34.4 Å². The van der Waals surface area contributed by atoms with Crippen molar-refractivity contribution in [1.82, 2.24) is 0 Å². The van der Waals surface area contributed by atoms with Crippen LogP contribution in [0.25, 0.3) is 0 Å². The van der Waals surface area contributed by atoms with E-state index in [0.29, 0.717) is 5.41 Å². The Hall–Kier alpha value is -0.780. The molecule has 0 amide bonds. The topological polar surface area (TPSA) is 0 Å². The van der Waals surface area contributed by atoms with Crippen LogP contribution < -0.4 is 0 Å². The molecule has 0 radical (unpaired) electrons. The summed E-state index contributed by atoms with van der Waals surface area (Å²) in [5, 5.41) is 0. The molecule has 0 aromatic rings. The smallest absolute Gasteiger partial charge is 0.0167 e. The molecule has 0 nitrogen and oxygen atoms in total. The van der Waals surface area contributed by atoms with E-state index in [2.05, 4.69) is 53.7 Å². The molecule has 0 unspecified atom stereocenters. The van der Waals surface area contributed by atoms with E-state index >= 15 is 0 Å². The van der Waals surface area contributed by atoms with Gasteiger partial charge in [0.2, 0.25) is 0 Å². The lowest BCUT2D eigenvalue weighted by Gasteiger charge is -2.36. The monoisotopic (exact) mass is 330 g/mol. The summed E-state index contributed by atoms with van der Waals surface area (Å²) < 4.78 is 0. The summed E-state index contributed by atoms with van der Waals surface area (Å²) in [5.74, 6) is 0. The van der Waals surface area contributed by atoms with Crippen LogP contribution in [0.5, 0.6) is 0 Å². The molecule has 0 saturated carbocycles. The lowest BCUT2D eigenvalue weighted by atomic mass is 9.68. The maximum atomic E-state index is 2.44. The Labute approximate surface area is 152 Å². The van der Waals surface area contributed by atoms with E-state index in [0.717, 1.165) is 0 Å². The van der Waals surface area contributed by atoms with Gasteiger partial charge >= 0.3 is 0 Å². The van der Waals surface area contributed by atoms with Gasteiger partial charge in [-0.25, -0.2) is 0 Å². The Kier molecular flexibility index (Phi) is 9.71. The maximum Gasteiger partial charge on any atom is 0.0167 e. The molecule has 24 heavy (non-hydrogen) atoms. The Bertz CT molecular complexity index is 426. The lowest BCUT2D eigenvalue weighted by Crippen LogP contribution is -2.24. The highest BCUT2D eigenvalue weighted by molar-refractivity contribution is 5.54. The molecule has 0 aliphatic heterocycles. The molecule has 1 rings (SSSR count). The van der Waals surface area contributed by atoms with Crippen molar-refractivity contribution in [1.29, 1.82) is 0 Å². The molecule has 0 saturated heterocycles. The fraction of sp³-hybridized carbons (Fsp3) is 0.750. The maximum absolute atomic E-state index is 2.44. The standard InChI is InChI=1S/C24H42/c1-7-13-19-24(18-12-6)22(16-10-4)20(14-8-2)21(15-9-3)23(24)17-11-5/h7,13H,8-12,14-19H2,1-6H3/b13-7+. The lowest BCUT2D eigenvalue weighted by molar-refractivity contribution is 0.372. The van der Waals surface area contributed by atoms with Crippen LogP contribution in [0.3, 0.4) is 0 Å². The zero-order chi connectivity index (χ0) is 18.0. The van der Waals surface area contributed by atoms with Gasteiger partial charge in [-0.2, -0.15) is 0 Å². The van der Waals surface area contributed by atoms with Crippen molar-refractivity contribution in [3.63, 3.8) is 0 Å². The molecular formula is C24H42. The van der Waals surface area contributed by atoms with Gasteiger partial charge in [-0.1, -0.05) is 90.0 Å². The summed E-state index contributed by atoms with van der Waals surface area (Å²) in [5.41, 5.74) is 7.57. The fourth-order valence-corrected chi connectivity index (χ4v) is 4.90. The molecule has 138 valence electrons. The van der Waals surface area contributed by atoms with Gasteiger partial charge in [0, 0.05) is 5.41 Å². The Morgan fingerprint density at radius 2 is 1.12 bits per heavy atom. The van der Waals surface area contributed by atoms with Crippen molar-refractivity contribution in [3.8, 4) is 0 Å². The van der Waals surface area contributed by atoms with Crippen LogP contribution in [0.4, 0.5) is 0 Å². The molecule has 0 atom stereocenters. The van der Waals surface area contributed by atoms with Crippen LogP contribution in [0.2, 0.25) is 0 Å². The average molecular weight is 331 g/mol. The van der Waals surface area contributed by atoms with Gasteiger partial charge in [0.1, 0.15) is 0 Å². The molecule has 0 aromatic heterocycles. The minimum absolute atomic E-state index is 0.349. The van der Waals surface area contributed by atoms with Gasteiger partial charge in [0.25, 0.3) is 0 Å². The normalized spacial score (nSPS) is 17.6. The highest BCUT2D eigenvalue weighted by Gasteiger charge is 2.43. The average Bonchev–Trinajstić information content (AvgIpc) is 2.79. The zero-order valence-corrected chi connectivity index (χ0v) is 17.4. The predicted octanol–water partition coefficient (Wildman–Crippen LogP) is 8.55. The van der Waals surface area contributed by atoms with Crippen LogP contribution in [0, 0.1) is 5.41 Å². The van der Waals surface area contributed by atoms with Gasteiger partial charge in [-0.15, -0.1) is 0 Å². The summed E-state index contributed by atoms with van der Waals surface area (Å²) in [6, 6.07) is 0. The predicted molar refractivity (Wildman–Crippen MR) is 110 cm³/mol. The first kappa shape index (κ1) is 21.3. The van der Waals surface area contributed by atoms with Gasteiger partial charge in [-0.05, 0) is 56.6 Å². The molecule has 1 aliphatic rings. The Balaban J connectivity index is 3.58. The van der Waals surface area contributed by atoms with Gasteiger partial charge < -0.3 is 0 Å². The first-order valence-corrected chi connectivity index (χ1v) is 10.7. The molecule has 0 fully saturated rings. The van der Waals surface area contributed by atoms with Gasteiger partial charge in [0.05, 0.1) is 0 Å². The summed E-state index contributed by atoms with van der Waals surface area (Å²) in [4.78, 5) is 0. The van der Waals surface area contributed by atoms with E-state index in [1.54, 1.807) is 11.1 Å². The van der Waals surface area contributed by atoms with Crippen LogP contribution in [-0.4, -0.2) is 0 Å². The number of allylic oxidation sites excluding steroid dienone is 6. The van der Waals surface area contributed by atoms with Crippen LogP contribution >= 0.6 is 0 Å². The van der Waals surface area contributed by atoms with Crippen LogP contribution in [0.15, 0.2) is 34.4 Å².